The summed E-state index contributed by atoms with van der Waals surface area (Å²) in [6, 6.07) is 14.0. The Morgan fingerprint density at radius 1 is 1.23 bits per heavy atom. The van der Waals surface area contributed by atoms with Gasteiger partial charge in [0.2, 0.25) is 0 Å². The van der Waals surface area contributed by atoms with Crippen LogP contribution in [-0.4, -0.2) is 30.6 Å². The van der Waals surface area contributed by atoms with Gasteiger partial charge in [0.25, 0.3) is 0 Å². The van der Waals surface area contributed by atoms with Crippen molar-refractivity contribution in [2.45, 2.75) is 44.9 Å². The summed E-state index contributed by atoms with van der Waals surface area (Å²) in [4.78, 5) is 13.6. The summed E-state index contributed by atoms with van der Waals surface area (Å²) in [7, 11) is 1.35. The van der Waals surface area contributed by atoms with Crippen LogP contribution in [0.2, 0.25) is 0 Å². The molecular formula is C24H26F3NO2. The van der Waals surface area contributed by atoms with Gasteiger partial charge in [-0.05, 0) is 61.1 Å². The highest BCUT2D eigenvalue weighted by molar-refractivity contribution is 5.90. The Kier molecular flexibility index (Phi) is 6.66. The molecule has 1 fully saturated rings. The van der Waals surface area contributed by atoms with Crippen LogP contribution in [0, 0.1) is 0 Å². The normalized spacial score (nSPS) is 20.0. The molecule has 0 N–H and O–H groups in total. The van der Waals surface area contributed by atoms with Gasteiger partial charge in [-0.2, -0.15) is 13.2 Å². The summed E-state index contributed by atoms with van der Waals surface area (Å²) in [6.45, 7) is 4.77. The van der Waals surface area contributed by atoms with E-state index in [1.165, 1.54) is 30.9 Å². The van der Waals surface area contributed by atoms with Crippen molar-refractivity contribution in [2.24, 2.45) is 0 Å². The van der Waals surface area contributed by atoms with E-state index in [-0.39, 0.29) is 18.1 Å². The number of allylic oxidation sites excluding steroid dienone is 1. The molecule has 160 valence electrons. The Balaban J connectivity index is 1.54. The van der Waals surface area contributed by atoms with Gasteiger partial charge < -0.3 is 4.74 Å². The number of rotatable bonds is 7. The van der Waals surface area contributed by atoms with Crippen molar-refractivity contribution in [2.75, 3.05) is 13.7 Å². The van der Waals surface area contributed by atoms with Crippen molar-refractivity contribution in [1.82, 2.24) is 4.90 Å². The maximum atomic E-state index is 12.9. The SMILES string of the molecule is COC(=O)C=C(C)c1ccc(CC[C@H](C)N2C[C@@H]2c2cccc(C(F)(F)F)c2)cc1. The molecule has 2 aromatic carbocycles. The lowest BCUT2D eigenvalue weighted by Crippen LogP contribution is -2.16. The van der Waals surface area contributed by atoms with Crippen molar-refractivity contribution in [3.8, 4) is 0 Å². The maximum Gasteiger partial charge on any atom is 0.416 e. The Morgan fingerprint density at radius 2 is 1.93 bits per heavy atom. The minimum absolute atomic E-state index is 0.0655. The molecule has 1 aliphatic rings. The summed E-state index contributed by atoms with van der Waals surface area (Å²) >= 11 is 0. The van der Waals surface area contributed by atoms with Crippen LogP contribution in [0.15, 0.2) is 54.6 Å². The molecular weight excluding hydrogens is 391 g/mol. The van der Waals surface area contributed by atoms with Gasteiger partial charge in [0.15, 0.2) is 0 Å². The molecule has 3 rings (SSSR count). The molecule has 6 heteroatoms. The van der Waals surface area contributed by atoms with Crippen LogP contribution < -0.4 is 0 Å². The highest BCUT2D eigenvalue weighted by atomic mass is 19.4. The zero-order chi connectivity index (χ0) is 21.9. The summed E-state index contributed by atoms with van der Waals surface area (Å²) in [5.74, 6) is -0.376. The molecule has 1 aliphatic heterocycles. The molecule has 1 saturated heterocycles. The second-order valence-electron chi connectivity index (χ2n) is 7.77. The number of hydrogen-bond acceptors (Lipinski definition) is 3. The van der Waals surface area contributed by atoms with E-state index in [1.807, 2.05) is 31.2 Å². The fourth-order valence-corrected chi connectivity index (χ4v) is 3.65. The Bertz CT molecular complexity index is 919. The zero-order valence-corrected chi connectivity index (χ0v) is 17.4. The smallest absolute Gasteiger partial charge is 0.416 e. The van der Waals surface area contributed by atoms with E-state index in [1.54, 1.807) is 6.07 Å². The van der Waals surface area contributed by atoms with Crippen molar-refractivity contribution in [1.29, 1.82) is 0 Å². The van der Waals surface area contributed by atoms with E-state index in [2.05, 4.69) is 16.6 Å². The first-order chi connectivity index (χ1) is 14.2. The van der Waals surface area contributed by atoms with E-state index in [0.717, 1.165) is 42.2 Å². The van der Waals surface area contributed by atoms with E-state index in [4.69, 9.17) is 0 Å². The molecule has 0 bridgehead atoms. The lowest BCUT2D eigenvalue weighted by molar-refractivity contribution is -0.137. The number of ether oxygens (including phenoxy) is 1. The van der Waals surface area contributed by atoms with E-state index >= 15 is 0 Å². The van der Waals surface area contributed by atoms with E-state index in [9.17, 15) is 18.0 Å². The van der Waals surface area contributed by atoms with Gasteiger partial charge in [-0.25, -0.2) is 4.79 Å². The number of carbonyl (C=O) groups is 1. The number of carbonyl (C=O) groups excluding carboxylic acids is 1. The van der Waals surface area contributed by atoms with Crippen LogP contribution >= 0.6 is 0 Å². The quantitative estimate of drug-likeness (QED) is 0.331. The monoisotopic (exact) mass is 417 g/mol. The second-order valence-corrected chi connectivity index (χ2v) is 7.77. The van der Waals surface area contributed by atoms with Gasteiger partial charge >= 0.3 is 12.1 Å². The number of methoxy groups -OCH3 is 1. The van der Waals surface area contributed by atoms with Crippen LogP contribution in [0.25, 0.3) is 5.57 Å². The number of benzene rings is 2. The molecule has 0 radical (unpaired) electrons. The molecule has 0 spiro atoms. The highest BCUT2D eigenvalue weighted by Gasteiger charge is 2.40. The summed E-state index contributed by atoms with van der Waals surface area (Å²) in [5, 5.41) is 0. The summed E-state index contributed by atoms with van der Waals surface area (Å²) in [5.41, 5.74) is 3.14. The molecule has 0 aliphatic carbocycles. The molecule has 3 atom stereocenters. The van der Waals surface area contributed by atoms with Crippen LogP contribution in [0.4, 0.5) is 13.2 Å². The first-order valence-corrected chi connectivity index (χ1v) is 9.97. The minimum Gasteiger partial charge on any atom is -0.466 e. The van der Waals surface area contributed by atoms with Crippen molar-refractivity contribution in [3.63, 3.8) is 0 Å². The number of alkyl halides is 3. The standard InChI is InChI=1S/C24H26F3NO2/c1-16(13-23(29)30-3)19-11-9-18(10-12-19)8-7-17(2)28-15-22(28)20-5-4-6-21(14-20)24(25,26)27/h4-6,9-14,17,22H,7-8,15H2,1-3H3/t17-,22+,28?/m0/s1. The summed E-state index contributed by atoms with van der Waals surface area (Å²) in [6.07, 6.45) is -1.04. The van der Waals surface area contributed by atoms with E-state index in [0.29, 0.717) is 0 Å². The molecule has 0 aromatic heterocycles. The van der Waals surface area contributed by atoms with E-state index < -0.39 is 11.7 Å². The van der Waals surface area contributed by atoms with Gasteiger partial charge in [-0.15, -0.1) is 0 Å². The van der Waals surface area contributed by atoms with Gasteiger partial charge in [0.1, 0.15) is 0 Å². The number of nitrogens with zero attached hydrogens (tertiary/aromatic N) is 1. The summed E-state index contributed by atoms with van der Waals surface area (Å²) < 4.78 is 43.5. The molecule has 0 amide bonds. The molecule has 1 unspecified atom stereocenters. The average Bonchev–Trinajstić information content (AvgIpc) is 3.53. The average molecular weight is 417 g/mol. The fraction of sp³-hybridized carbons (Fsp3) is 0.375. The van der Waals surface area contributed by atoms with Crippen molar-refractivity contribution >= 4 is 11.5 Å². The zero-order valence-electron chi connectivity index (χ0n) is 17.4. The van der Waals surface area contributed by atoms with Crippen LogP contribution in [-0.2, 0) is 22.1 Å². The molecule has 0 saturated carbocycles. The predicted molar refractivity (Wildman–Crippen MR) is 111 cm³/mol. The number of halogens is 3. The topological polar surface area (TPSA) is 29.3 Å². The minimum atomic E-state index is -4.31. The van der Waals surface area contributed by atoms with Crippen LogP contribution in [0.1, 0.15) is 48.6 Å². The highest BCUT2D eigenvalue weighted by Crippen LogP contribution is 2.40. The van der Waals surface area contributed by atoms with Gasteiger partial charge in [0.05, 0.1) is 12.7 Å². The number of aryl methyl sites for hydroxylation is 1. The largest absolute Gasteiger partial charge is 0.466 e. The third kappa shape index (κ3) is 5.51. The molecule has 3 nitrogen and oxygen atoms in total. The van der Waals surface area contributed by atoms with Crippen molar-refractivity contribution < 1.29 is 22.7 Å². The molecule has 30 heavy (non-hydrogen) atoms. The second kappa shape index (κ2) is 9.04. The third-order valence-electron chi connectivity index (χ3n) is 5.61. The lowest BCUT2D eigenvalue weighted by atomic mass is 10.0. The Labute approximate surface area is 175 Å². The van der Waals surface area contributed by atoms with Crippen LogP contribution in [0.5, 0.6) is 0 Å². The first kappa shape index (κ1) is 22.1. The van der Waals surface area contributed by atoms with Crippen LogP contribution in [0.3, 0.4) is 0 Å². The van der Waals surface area contributed by atoms with Gasteiger partial charge in [-0.1, -0.05) is 36.4 Å². The molecule has 2 aromatic rings. The molecule has 1 heterocycles. The fourth-order valence-electron chi connectivity index (χ4n) is 3.65. The lowest BCUT2D eigenvalue weighted by Gasteiger charge is -2.15. The first-order valence-electron chi connectivity index (χ1n) is 9.97. The predicted octanol–water partition coefficient (Wildman–Crippen LogP) is 5.66. The maximum absolute atomic E-state index is 12.9. The van der Waals surface area contributed by atoms with Gasteiger partial charge in [0, 0.05) is 24.7 Å². The Morgan fingerprint density at radius 3 is 2.57 bits per heavy atom. The van der Waals surface area contributed by atoms with Gasteiger partial charge in [-0.3, -0.25) is 4.90 Å². The Hall–Kier alpha value is -2.60. The number of esters is 1. The third-order valence-corrected chi connectivity index (χ3v) is 5.61. The van der Waals surface area contributed by atoms with Crippen molar-refractivity contribution in [3.05, 3.63) is 76.9 Å². The number of hydrogen-bond donors (Lipinski definition) is 0.